The van der Waals surface area contributed by atoms with Crippen molar-refractivity contribution < 1.29 is 4.74 Å². The van der Waals surface area contributed by atoms with Gasteiger partial charge in [-0.3, -0.25) is 4.98 Å². The number of piperidine rings is 1. The van der Waals surface area contributed by atoms with Crippen LogP contribution >= 0.6 is 23.2 Å². The number of fused-ring (bicyclic) bond motifs is 1. The van der Waals surface area contributed by atoms with E-state index in [1.54, 1.807) is 6.07 Å². The number of benzene rings is 2. The van der Waals surface area contributed by atoms with E-state index in [0.29, 0.717) is 16.1 Å². The van der Waals surface area contributed by atoms with Crippen LogP contribution in [0.1, 0.15) is 24.8 Å². The molecule has 5 nitrogen and oxygen atoms in total. The average molecular weight is 505 g/mol. The molecule has 35 heavy (non-hydrogen) atoms. The third-order valence-corrected chi connectivity index (χ3v) is 7.91. The highest BCUT2D eigenvalue weighted by Crippen LogP contribution is 2.50. The van der Waals surface area contributed by atoms with Crippen molar-refractivity contribution in [1.29, 1.82) is 0 Å². The Morgan fingerprint density at radius 2 is 1.74 bits per heavy atom. The normalized spacial score (nSPS) is 22.8. The number of morpholine rings is 1. The van der Waals surface area contributed by atoms with Gasteiger partial charge in [0.25, 0.3) is 5.54 Å². The Morgan fingerprint density at radius 3 is 2.43 bits per heavy atom. The first-order chi connectivity index (χ1) is 17.1. The highest BCUT2D eigenvalue weighted by atomic mass is 35.5. The maximum absolute atomic E-state index is 7.59. The van der Waals surface area contributed by atoms with Crippen molar-refractivity contribution in [2.45, 2.75) is 36.9 Å². The monoisotopic (exact) mass is 504 g/mol. The molecular weight excluding hydrogens is 479 g/mol. The van der Waals surface area contributed by atoms with Crippen LogP contribution in [0.15, 0.2) is 54.9 Å². The molecule has 3 aliphatic rings. The largest absolute Gasteiger partial charge is 0.373 e. The van der Waals surface area contributed by atoms with Crippen LogP contribution in [0.2, 0.25) is 10.0 Å². The van der Waals surface area contributed by atoms with Gasteiger partial charge in [0.15, 0.2) is 0 Å². The van der Waals surface area contributed by atoms with Crippen LogP contribution < -0.4 is 10.2 Å². The van der Waals surface area contributed by atoms with Crippen molar-refractivity contribution in [1.82, 2.24) is 10.3 Å². The van der Waals surface area contributed by atoms with E-state index in [0.717, 1.165) is 79.0 Å². The minimum Gasteiger partial charge on any atom is -0.373 e. The molecule has 0 bridgehead atoms. The molecule has 0 spiro atoms. The smallest absolute Gasteiger partial charge is 0.258 e. The molecule has 3 heterocycles. The fraction of sp³-hybridized carbons (Fsp3) is 0.357. The Balaban J connectivity index is 1.45. The lowest BCUT2D eigenvalue weighted by Crippen LogP contribution is -2.57. The van der Waals surface area contributed by atoms with Gasteiger partial charge in [0.2, 0.25) is 0 Å². The number of halogens is 2. The maximum atomic E-state index is 7.59. The quantitative estimate of drug-likeness (QED) is 0.429. The first kappa shape index (κ1) is 22.8. The second kappa shape index (κ2) is 9.11. The van der Waals surface area contributed by atoms with Gasteiger partial charge in [0.1, 0.15) is 0 Å². The predicted molar refractivity (Wildman–Crippen MR) is 141 cm³/mol. The van der Waals surface area contributed by atoms with Gasteiger partial charge in [0, 0.05) is 77.6 Å². The van der Waals surface area contributed by atoms with Gasteiger partial charge in [-0.1, -0.05) is 47.5 Å². The minimum absolute atomic E-state index is 0.144. The van der Waals surface area contributed by atoms with Crippen molar-refractivity contribution >= 4 is 28.9 Å². The molecule has 0 amide bonds. The fourth-order valence-electron chi connectivity index (χ4n) is 5.45. The lowest BCUT2D eigenvalue weighted by Gasteiger charge is -2.43. The van der Waals surface area contributed by atoms with Gasteiger partial charge in [-0.25, -0.2) is 6.57 Å². The zero-order chi connectivity index (χ0) is 24.0. The molecule has 2 aliphatic heterocycles. The molecular formula is C28H26Cl2N4O. The second-order valence-corrected chi connectivity index (χ2v) is 10.5. The summed E-state index contributed by atoms with van der Waals surface area (Å²) in [6.45, 7) is 10.9. The standard InChI is InChI=1S/C28H26Cl2N4O/c1-31-28(7-8-28)20-4-2-18(3-5-20)23-15-32-16-24(19-12-21(29)14-22(30)13-19)27(23)34-10-6-25-26(17-34)35-11-9-33-25/h2-5,12-16,25-26,33H,6-11,17H2/t25-,26-/m0/s1. The van der Waals surface area contributed by atoms with Crippen LogP contribution in [-0.4, -0.2) is 43.4 Å². The van der Waals surface area contributed by atoms with Crippen LogP contribution in [0, 0.1) is 6.57 Å². The van der Waals surface area contributed by atoms with Gasteiger partial charge in [-0.05, 0) is 35.7 Å². The molecule has 3 aromatic rings. The number of hydrogen-bond acceptors (Lipinski definition) is 4. The maximum Gasteiger partial charge on any atom is 0.258 e. The Morgan fingerprint density at radius 1 is 1.03 bits per heavy atom. The zero-order valence-electron chi connectivity index (χ0n) is 19.3. The van der Waals surface area contributed by atoms with Gasteiger partial charge >= 0.3 is 0 Å². The summed E-state index contributed by atoms with van der Waals surface area (Å²) in [6.07, 6.45) is 6.88. The third-order valence-electron chi connectivity index (χ3n) is 7.48. The number of rotatable bonds is 4. The van der Waals surface area contributed by atoms with Gasteiger partial charge in [-0.15, -0.1) is 0 Å². The van der Waals surface area contributed by atoms with Gasteiger partial charge in [0.05, 0.1) is 18.4 Å². The molecule has 1 aliphatic carbocycles. The molecule has 7 heteroatoms. The van der Waals surface area contributed by atoms with E-state index >= 15 is 0 Å². The molecule has 0 unspecified atom stereocenters. The van der Waals surface area contributed by atoms with Crippen molar-refractivity contribution in [3.63, 3.8) is 0 Å². The van der Waals surface area contributed by atoms with Gasteiger partial charge in [-0.2, -0.15) is 0 Å². The molecule has 2 saturated heterocycles. The Bertz CT molecular complexity index is 1280. The summed E-state index contributed by atoms with van der Waals surface area (Å²) in [4.78, 5) is 10.9. The van der Waals surface area contributed by atoms with E-state index in [4.69, 9.17) is 34.5 Å². The SMILES string of the molecule is [C-]#[N+]C1(c2ccc(-c3cncc(-c4cc(Cl)cc(Cl)c4)c3N3CC[C@@H]4NCCO[C@H]4C3)cc2)CC1. The zero-order valence-corrected chi connectivity index (χ0v) is 20.8. The van der Waals surface area contributed by atoms with Crippen molar-refractivity contribution in [3.05, 3.63) is 81.9 Å². The second-order valence-electron chi connectivity index (χ2n) is 9.67. The molecule has 3 fully saturated rings. The molecule has 1 aromatic heterocycles. The molecule has 2 atom stereocenters. The molecule has 1 N–H and O–H groups in total. The number of hydrogen-bond donors (Lipinski definition) is 1. The molecule has 0 radical (unpaired) electrons. The number of nitrogens with zero attached hydrogens (tertiary/aromatic N) is 3. The van der Waals surface area contributed by atoms with Crippen LogP contribution in [0.4, 0.5) is 5.69 Å². The fourth-order valence-corrected chi connectivity index (χ4v) is 5.97. The number of anilines is 1. The van der Waals surface area contributed by atoms with E-state index in [2.05, 4.69) is 44.3 Å². The summed E-state index contributed by atoms with van der Waals surface area (Å²) in [7, 11) is 0. The predicted octanol–water partition coefficient (Wildman–Crippen LogP) is 6.20. The molecule has 178 valence electrons. The van der Waals surface area contributed by atoms with E-state index in [9.17, 15) is 0 Å². The Kier molecular flexibility index (Phi) is 5.94. The number of aromatic nitrogens is 1. The van der Waals surface area contributed by atoms with Crippen LogP contribution in [0.25, 0.3) is 27.1 Å². The van der Waals surface area contributed by atoms with Crippen molar-refractivity contribution in [2.75, 3.05) is 31.1 Å². The van der Waals surface area contributed by atoms with E-state index < -0.39 is 0 Å². The summed E-state index contributed by atoms with van der Waals surface area (Å²) in [5, 5.41) is 4.80. The molecule has 2 aromatic carbocycles. The number of pyridine rings is 1. The Labute approximate surface area is 215 Å². The van der Waals surface area contributed by atoms with Crippen LogP contribution in [0.3, 0.4) is 0 Å². The van der Waals surface area contributed by atoms with E-state index in [-0.39, 0.29) is 11.6 Å². The van der Waals surface area contributed by atoms with Gasteiger partial charge < -0.3 is 19.8 Å². The first-order valence-corrected chi connectivity index (χ1v) is 12.9. The van der Waals surface area contributed by atoms with E-state index in [1.807, 2.05) is 24.5 Å². The summed E-state index contributed by atoms with van der Waals surface area (Å²) in [5.41, 5.74) is 5.98. The van der Waals surface area contributed by atoms with E-state index in [1.165, 1.54) is 0 Å². The Hall–Kier alpha value is -2.62. The van der Waals surface area contributed by atoms with Crippen LogP contribution in [-0.2, 0) is 10.3 Å². The minimum atomic E-state index is -0.313. The number of nitrogens with one attached hydrogen (secondary N) is 1. The highest BCUT2D eigenvalue weighted by molar-refractivity contribution is 6.35. The molecule has 6 rings (SSSR count). The highest BCUT2D eigenvalue weighted by Gasteiger charge is 2.52. The lowest BCUT2D eigenvalue weighted by atomic mass is 9.93. The first-order valence-electron chi connectivity index (χ1n) is 12.1. The summed E-state index contributed by atoms with van der Waals surface area (Å²) in [6, 6.07) is 14.5. The summed E-state index contributed by atoms with van der Waals surface area (Å²) in [5.74, 6) is 0. The summed E-state index contributed by atoms with van der Waals surface area (Å²) >= 11 is 12.8. The lowest BCUT2D eigenvalue weighted by molar-refractivity contribution is -0.00899. The molecule has 1 saturated carbocycles. The summed E-state index contributed by atoms with van der Waals surface area (Å²) < 4.78 is 6.15. The van der Waals surface area contributed by atoms with Crippen LogP contribution in [0.5, 0.6) is 0 Å². The van der Waals surface area contributed by atoms with Crippen molar-refractivity contribution in [2.24, 2.45) is 0 Å². The third kappa shape index (κ3) is 4.30. The average Bonchev–Trinajstić information content (AvgIpc) is 3.69. The van der Waals surface area contributed by atoms with Crippen molar-refractivity contribution in [3.8, 4) is 22.3 Å². The number of ether oxygens (including phenoxy) is 1. The topological polar surface area (TPSA) is 41.8 Å².